The average molecular weight is 296 g/mol. The summed E-state index contributed by atoms with van der Waals surface area (Å²) in [5, 5.41) is 8.17. The molecule has 1 aliphatic rings. The molecule has 1 atom stereocenters. The smallest absolute Gasteiger partial charge is 0.226 e. The van der Waals surface area contributed by atoms with E-state index in [1.165, 1.54) is 0 Å². The molecule has 6 heteroatoms. The van der Waals surface area contributed by atoms with Gasteiger partial charge in [0.05, 0.1) is 6.20 Å². The van der Waals surface area contributed by atoms with Crippen LogP contribution in [0.5, 0.6) is 0 Å². The first-order chi connectivity index (χ1) is 9.06. The SMILES string of the molecule is Cn1ncc2c1NC(=O)C[C@@H]2c1ccc(Cl)cc1Cl. The van der Waals surface area contributed by atoms with Gasteiger partial charge in [-0.05, 0) is 17.7 Å². The minimum Gasteiger partial charge on any atom is -0.311 e. The maximum Gasteiger partial charge on any atom is 0.226 e. The van der Waals surface area contributed by atoms with Gasteiger partial charge in [0.25, 0.3) is 0 Å². The maximum atomic E-state index is 11.8. The van der Waals surface area contributed by atoms with Gasteiger partial charge < -0.3 is 5.32 Å². The van der Waals surface area contributed by atoms with Gasteiger partial charge >= 0.3 is 0 Å². The lowest BCUT2D eigenvalue weighted by Crippen LogP contribution is -2.24. The fourth-order valence-electron chi connectivity index (χ4n) is 2.40. The predicted molar refractivity (Wildman–Crippen MR) is 74.8 cm³/mol. The first-order valence-electron chi connectivity index (χ1n) is 5.83. The van der Waals surface area contributed by atoms with Gasteiger partial charge in [0.15, 0.2) is 0 Å². The molecule has 0 unspecified atom stereocenters. The van der Waals surface area contributed by atoms with Gasteiger partial charge in [-0.2, -0.15) is 5.10 Å². The monoisotopic (exact) mass is 295 g/mol. The largest absolute Gasteiger partial charge is 0.311 e. The molecule has 0 aliphatic carbocycles. The third-order valence-corrected chi connectivity index (χ3v) is 3.89. The van der Waals surface area contributed by atoms with Gasteiger partial charge in [0.1, 0.15) is 5.82 Å². The van der Waals surface area contributed by atoms with Crippen LogP contribution in [0.1, 0.15) is 23.5 Å². The molecule has 1 aromatic carbocycles. The summed E-state index contributed by atoms with van der Waals surface area (Å²) in [6, 6.07) is 5.34. The first-order valence-corrected chi connectivity index (χ1v) is 6.58. The Balaban J connectivity index is 2.12. The molecule has 3 rings (SSSR count). The Labute approximate surface area is 120 Å². The predicted octanol–water partition coefficient (Wildman–Crippen LogP) is 3.20. The van der Waals surface area contributed by atoms with Crippen LogP contribution in [0.2, 0.25) is 10.0 Å². The molecule has 1 amide bonds. The third kappa shape index (κ3) is 2.11. The van der Waals surface area contributed by atoms with Crippen LogP contribution >= 0.6 is 23.2 Å². The maximum absolute atomic E-state index is 11.8. The molecule has 0 bridgehead atoms. The molecule has 0 saturated carbocycles. The second-order valence-corrected chi connectivity index (χ2v) is 5.39. The summed E-state index contributed by atoms with van der Waals surface area (Å²) in [4.78, 5) is 11.8. The molecule has 0 fully saturated rings. The number of benzene rings is 1. The normalized spacial score (nSPS) is 18.1. The van der Waals surface area contributed by atoms with Crippen LogP contribution in [0.4, 0.5) is 5.82 Å². The van der Waals surface area contributed by atoms with Crippen LogP contribution in [0.3, 0.4) is 0 Å². The lowest BCUT2D eigenvalue weighted by molar-refractivity contribution is -0.116. The highest BCUT2D eigenvalue weighted by Gasteiger charge is 2.30. The second-order valence-electron chi connectivity index (χ2n) is 4.54. The number of nitrogens with one attached hydrogen (secondary N) is 1. The Morgan fingerprint density at radius 1 is 1.37 bits per heavy atom. The van der Waals surface area contributed by atoms with Crippen molar-refractivity contribution in [1.82, 2.24) is 9.78 Å². The van der Waals surface area contributed by atoms with Crippen LogP contribution in [-0.4, -0.2) is 15.7 Å². The zero-order chi connectivity index (χ0) is 13.6. The number of rotatable bonds is 1. The van der Waals surface area contributed by atoms with E-state index < -0.39 is 0 Å². The summed E-state index contributed by atoms with van der Waals surface area (Å²) in [6.07, 6.45) is 2.13. The summed E-state index contributed by atoms with van der Waals surface area (Å²) in [5.74, 6) is 0.613. The van der Waals surface area contributed by atoms with E-state index in [-0.39, 0.29) is 11.8 Å². The van der Waals surface area contributed by atoms with E-state index in [1.807, 2.05) is 6.07 Å². The van der Waals surface area contributed by atoms with Gasteiger partial charge in [0.2, 0.25) is 5.91 Å². The highest BCUT2D eigenvalue weighted by Crippen LogP contribution is 2.39. The van der Waals surface area contributed by atoms with Gasteiger partial charge in [-0.25, -0.2) is 0 Å². The molecule has 2 heterocycles. The summed E-state index contributed by atoms with van der Waals surface area (Å²) < 4.78 is 1.66. The van der Waals surface area contributed by atoms with E-state index in [1.54, 1.807) is 30.1 Å². The fraction of sp³-hybridized carbons (Fsp3) is 0.231. The second kappa shape index (κ2) is 4.54. The Kier molecular flexibility index (Phi) is 2.99. The summed E-state index contributed by atoms with van der Waals surface area (Å²) in [7, 11) is 1.80. The van der Waals surface area contributed by atoms with Gasteiger partial charge in [-0.1, -0.05) is 29.3 Å². The Morgan fingerprint density at radius 3 is 2.89 bits per heavy atom. The molecule has 98 valence electrons. The van der Waals surface area contributed by atoms with E-state index >= 15 is 0 Å². The third-order valence-electron chi connectivity index (χ3n) is 3.33. The Hall–Kier alpha value is -1.52. The molecule has 19 heavy (non-hydrogen) atoms. The van der Waals surface area contributed by atoms with E-state index in [2.05, 4.69) is 10.4 Å². The number of hydrogen-bond acceptors (Lipinski definition) is 2. The minimum absolute atomic E-state index is 0.0351. The van der Waals surface area contributed by atoms with Gasteiger partial charge in [0, 0.05) is 35.0 Å². The van der Waals surface area contributed by atoms with E-state index in [0.29, 0.717) is 16.5 Å². The van der Waals surface area contributed by atoms with Crippen molar-refractivity contribution in [1.29, 1.82) is 0 Å². The number of fused-ring (bicyclic) bond motifs is 1. The number of carbonyl (C=O) groups excluding carboxylic acids is 1. The number of carbonyl (C=O) groups is 1. The molecule has 0 saturated heterocycles. The minimum atomic E-state index is -0.0813. The standard InChI is InChI=1S/C13H11Cl2N3O/c1-18-13-10(6-16-18)9(5-12(19)17-13)8-3-2-7(14)4-11(8)15/h2-4,6,9H,5H2,1H3,(H,17,19)/t9-/m1/s1. The number of anilines is 1. The number of nitrogens with zero attached hydrogens (tertiary/aromatic N) is 2. The van der Waals surface area contributed by atoms with Crippen LogP contribution in [-0.2, 0) is 11.8 Å². The molecule has 1 N–H and O–H groups in total. The highest BCUT2D eigenvalue weighted by molar-refractivity contribution is 6.35. The van der Waals surface area contributed by atoms with E-state index in [0.717, 1.165) is 16.9 Å². The van der Waals surface area contributed by atoms with Crippen LogP contribution in [0.15, 0.2) is 24.4 Å². The molecule has 1 aromatic heterocycles. The Bertz CT molecular complexity index is 666. The lowest BCUT2D eigenvalue weighted by Gasteiger charge is -2.24. The molecule has 0 spiro atoms. The fourth-order valence-corrected chi connectivity index (χ4v) is 2.94. The van der Waals surface area contributed by atoms with E-state index in [9.17, 15) is 4.79 Å². The van der Waals surface area contributed by atoms with Crippen LogP contribution in [0, 0.1) is 0 Å². The summed E-state index contributed by atoms with van der Waals surface area (Å²) in [6.45, 7) is 0. The number of aryl methyl sites for hydroxylation is 1. The van der Waals surface area contributed by atoms with Crippen molar-refractivity contribution >= 4 is 34.9 Å². The van der Waals surface area contributed by atoms with Crippen LogP contribution in [0.25, 0.3) is 0 Å². The highest BCUT2D eigenvalue weighted by atomic mass is 35.5. The number of hydrogen-bond donors (Lipinski definition) is 1. The molecular formula is C13H11Cl2N3O. The van der Waals surface area contributed by atoms with Crippen LogP contribution < -0.4 is 5.32 Å². The molecule has 2 aromatic rings. The van der Waals surface area contributed by atoms with Crippen molar-refractivity contribution in [2.45, 2.75) is 12.3 Å². The number of aromatic nitrogens is 2. The van der Waals surface area contributed by atoms with Crippen molar-refractivity contribution < 1.29 is 4.79 Å². The molecule has 1 aliphatic heterocycles. The zero-order valence-corrected chi connectivity index (χ0v) is 11.7. The molecule has 0 radical (unpaired) electrons. The van der Waals surface area contributed by atoms with Gasteiger partial charge in [-0.15, -0.1) is 0 Å². The lowest BCUT2D eigenvalue weighted by atomic mass is 9.87. The quantitative estimate of drug-likeness (QED) is 0.878. The Morgan fingerprint density at radius 2 is 2.16 bits per heavy atom. The van der Waals surface area contributed by atoms with Crippen molar-refractivity contribution in [3.05, 3.63) is 45.6 Å². The summed E-state index contributed by atoms with van der Waals surface area (Å²) >= 11 is 12.1. The number of halogens is 2. The molecular weight excluding hydrogens is 285 g/mol. The van der Waals surface area contributed by atoms with E-state index in [4.69, 9.17) is 23.2 Å². The van der Waals surface area contributed by atoms with Gasteiger partial charge in [-0.3, -0.25) is 9.48 Å². The number of amides is 1. The van der Waals surface area contributed by atoms with Crippen molar-refractivity contribution in [2.24, 2.45) is 7.05 Å². The zero-order valence-electron chi connectivity index (χ0n) is 10.2. The van der Waals surface area contributed by atoms with Crippen molar-refractivity contribution in [3.8, 4) is 0 Å². The summed E-state index contributed by atoms with van der Waals surface area (Å²) in [5.41, 5.74) is 1.88. The first kappa shape index (κ1) is 12.5. The molecule has 4 nitrogen and oxygen atoms in total. The van der Waals surface area contributed by atoms with Crippen molar-refractivity contribution in [2.75, 3.05) is 5.32 Å². The topological polar surface area (TPSA) is 46.9 Å². The van der Waals surface area contributed by atoms with Crippen molar-refractivity contribution in [3.63, 3.8) is 0 Å². The average Bonchev–Trinajstić information content (AvgIpc) is 2.71.